The summed E-state index contributed by atoms with van der Waals surface area (Å²) in [5.41, 5.74) is 2.05. The SMILES string of the molecule is Cc1ccc(S(=O)(=O)N2CCC[C@@H](C(=O)NCCc3ccc4c(c3)OCO4)C2)cc1. The predicted octanol–water partition coefficient (Wildman–Crippen LogP) is 2.48. The number of ether oxygens (including phenoxy) is 2. The number of rotatable bonds is 6. The number of sulfonamides is 1. The maximum Gasteiger partial charge on any atom is 0.243 e. The average molecular weight is 431 g/mol. The standard InChI is InChI=1S/C22H26N2O5S/c1-16-4-7-19(8-5-16)30(26,27)24-12-2-3-18(14-24)22(25)23-11-10-17-6-9-20-21(13-17)29-15-28-20/h4-9,13,18H,2-3,10-12,14-15H2,1H3,(H,23,25)/t18-/m1/s1. The predicted molar refractivity (Wildman–Crippen MR) is 112 cm³/mol. The second-order valence-electron chi connectivity index (χ2n) is 7.74. The first-order valence-electron chi connectivity index (χ1n) is 10.2. The van der Waals surface area contributed by atoms with E-state index in [0.717, 1.165) is 22.6 Å². The van der Waals surface area contributed by atoms with Gasteiger partial charge in [0.15, 0.2) is 11.5 Å². The summed E-state index contributed by atoms with van der Waals surface area (Å²) in [5, 5.41) is 2.96. The molecule has 4 rings (SSSR count). The number of aryl methyl sites for hydroxylation is 1. The minimum absolute atomic E-state index is 0.0976. The number of hydrogen-bond donors (Lipinski definition) is 1. The van der Waals surface area contributed by atoms with Crippen LogP contribution in [-0.2, 0) is 21.2 Å². The second-order valence-corrected chi connectivity index (χ2v) is 9.68. The molecule has 2 aromatic carbocycles. The van der Waals surface area contributed by atoms with Gasteiger partial charge >= 0.3 is 0 Å². The molecule has 7 nitrogen and oxygen atoms in total. The van der Waals surface area contributed by atoms with Gasteiger partial charge in [-0.2, -0.15) is 4.31 Å². The third-order valence-corrected chi connectivity index (χ3v) is 7.44. The third kappa shape index (κ3) is 4.44. The van der Waals surface area contributed by atoms with Crippen LogP contribution in [0, 0.1) is 12.8 Å². The van der Waals surface area contributed by atoms with E-state index >= 15 is 0 Å². The van der Waals surface area contributed by atoms with Crippen molar-refractivity contribution in [3.63, 3.8) is 0 Å². The topological polar surface area (TPSA) is 84.9 Å². The van der Waals surface area contributed by atoms with Crippen LogP contribution in [0.5, 0.6) is 11.5 Å². The van der Waals surface area contributed by atoms with Crippen molar-refractivity contribution < 1.29 is 22.7 Å². The molecule has 8 heteroatoms. The van der Waals surface area contributed by atoms with E-state index in [1.807, 2.05) is 25.1 Å². The summed E-state index contributed by atoms with van der Waals surface area (Å²) < 4.78 is 38.0. The molecule has 0 aliphatic carbocycles. The zero-order valence-electron chi connectivity index (χ0n) is 17.0. The molecule has 30 heavy (non-hydrogen) atoms. The van der Waals surface area contributed by atoms with Crippen LogP contribution >= 0.6 is 0 Å². The summed E-state index contributed by atoms with van der Waals surface area (Å²) in [5.74, 6) is 1.03. The van der Waals surface area contributed by atoms with E-state index in [0.29, 0.717) is 32.4 Å². The molecule has 1 fully saturated rings. The molecule has 2 heterocycles. The number of carbonyl (C=O) groups excluding carboxylic acids is 1. The van der Waals surface area contributed by atoms with Gasteiger partial charge in [-0.3, -0.25) is 4.79 Å². The van der Waals surface area contributed by atoms with Crippen LogP contribution < -0.4 is 14.8 Å². The van der Waals surface area contributed by atoms with Crippen LogP contribution in [0.4, 0.5) is 0 Å². The van der Waals surface area contributed by atoms with Crippen molar-refractivity contribution in [2.45, 2.75) is 31.1 Å². The lowest BCUT2D eigenvalue weighted by atomic mass is 9.99. The molecule has 2 aliphatic heterocycles. The van der Waals surface area contributed by atoms with Gasteiger partial charge in [0.05, 0.1) is 10.8 Å². The number of nitrogens with one attached hydrogen (secondary N) is 1. The minimum atomic E-state index is -3.59. The zero-order valence-corrected chi connectivity index (χ0v) is 17.8. The Labute approximate surface area is 177 Å². The highest BCUT2D eigenvalue weighted by Crippen LogP contribution is 2.32. The number of nitrogens with zero attached hydrogens (tertiary/aromatic N) is 1. The maximum atomic E-state index is 12.9. The fourth-order valence-corrected chi connectivity index (χ4v) is 5.33. The Bertz CT molecular complexity index is 1020. The molecule has 0 aromatic heterocycles. The molecule has 1 atom stereocenters. The first-order chi connectivity index (χ1) is 14.4. The van der Waals surface area contributed by atoms with Crippen LogP contribution in [0.3, 0.4) is 0 Å². The number of fused-ring (bicyclic) bond motifs is 1. The lowest BCUT2D eigenvalue weighted by Crippen LogP contribution is -2.45. The number of amides is 1. The fourth-order valence-electron chi connectivity index (χ4n) is 3.80. The minimum Gasteiger partial charge on any atom is -0.454 e. The molecule has 1 amide bonds. The Balaban J connectivity index is 1.32. The zero-order chi connectivity index (χ0) is 21.1. The smallest absolute Gasteiger partial charge is 0.243 e. The monoisotopic (exact) mass is 430 g/mol. The molecular formula is C22H26N2O5S. The summed E-state index contributed by atoms with van der Waals surface area (Å²) in [6, 6.07) is 12.6. The molecule has 1 N–H and O–H groups in total. The molecule has 0 saturated carbocycles. The van der Waals surface area contributed by atoms with Crippen LogP contribution in [0.1, 0.15) is 24.0 Å². The van der Waals surface area contributed by atoms with Gasteiger partial charge in [0.2, 0.25) is 22.7 Å². The van der Waals surface area contributed by atoms with Gasteiger partial charge in [-0.15, -0.1) is 0 Å². The van der Waals surface area contributed by atoms with Crippen molar-refractivity contribution in [2.24, 2.45) is 5.92 Å². The van der Waals surface area contributed by atoms with Crippen LogP contribution in [0.25, 0.3) is 0 Å². The van der Waals surface area contributed by atoms with Crippen molar-refractivity contribution in [3.8, 4) is 11.5 Å². The van der Waals surface area contributed by atoms with E-state index in [9.17, 15) is 13.2 Å². The molecule has 0 spiro atoms. The van der Waals surface area contributed by atoms with E-state index in [4.69, 9.17) is 9.47 Å². The third-order valence-electron chi connectivity index (χ3n) is 5.56. The largest absolute Gasteiger partial charge is 0.454 e. The van der Waals surface area contributed by atoms with Gasteiger partial charge < -0.3 is 14.8 Å². The molecule has 1 saturated heterocycles. The van der Waals surface area contributed by atoms with Gasteiger partial charge in [-0.25, -0.2) is 8.42 Å². The fraction of sp³-hybridized carbons (Fsp3) is 0.409. The molecule has 0 unspecified atom stereocenters. The Hall–Kier alpha value is -2.58. The van der Waals surface area contributed by atoms with Crippen molar-refractivity contribution in [3.05, 3.63) is 53.6 Å². The lowest BCUT2D eigenvalue weighted by molar-refractivity contribution is -0.126. The van der Waals surface area contributed by atoms with Crippen LogP contribution in [0.2, 0.25) is 0 Å². The summed E-state index contributed by atoms with van der Waals surface area (Å²) in [7, 11) is -3.59. The van der Waals surface area contributed by atoms with Gasteiger partial charge in [-0.05, 0) is 56.0 Å². The van der Waals surface area contributed by atoms with Gasteiger partial charge in [0.25, 0.3) is 0 Å². The highest BCUT2D eigenvalue weighted by Gasteiger charge is 2.33. The van der Waals surface area contributed by atoms with E-state index < -0.39 is 10.0 Å². The Morgan fingerprint density at radius 1 is 1.13 bits per heavy atom. The van der Waals surface area contributed by atoms with Crippen molar-refractivity contribution in [2.75, 3.05) is 26.4 Å². The van der Waals surface area contributed by atoms with Gasteiger partial charge in [-0.1, -0.05) is 23.8 Å². The molecule has 2 aliphatic rings. The molecule has 160 valence electrons. The summed E-state index contributed by atoms with van der Waals surface area (Å²) in [6.07, 6.45) is 2.03. The van der Waals surface area contributed by atoms with E-state index in [2.05, 4.69) is 5.32 Å². The van der Waals surface area contributed by atoms with Crippen LogP contribution in [-0.4, -0.2) is 45.1 Å². The quantitative estimate of drug-likeness (QED) is 0.761. The van der Waals surface area contributed by atoms with Gasteiger partial charge in [0, 0.05) is 19.6 Å². The first kappa shape index (κ1) is 20.7. The Morgan fingerprint density at radius 2 is 1.90 bits per heavy atom. The van der Waals surface area contributed by atoms with E-state index in [1.165, 1.54) is 4.31 Å². The van der Waals surface area contributed by atoms with E-state index in [-0.39, 0.29) is 30.1 Å². The normalized spacial score (nSPS) is 18.9. The lowest BCUT2D eigenvalue weighted by Gasteiger charge is -2.31. The average Bonchev–Trinajstić information content (AvgIpc) is 3.22. The highest BCUT2D eigenvalue weighted by molar-refractivity contribution is 7.89. The molecule has 0 radical (unpaired) electrons. The molecule has 2 aromatic rings. The summed E-state index contributed by atoms with van der Waals surface area (Å²) in [4.78, 5) is 12.9. The molecule has 0 bridgehead atoms. The number of hydrogen-bond acceptors (Lipinski definition) is 5. The summed E-state index contributed by atoms with van der Waals surface area (Å²) in [6.45, 7) is 3.30. The Kier molecular flexibility index (Phi) is 5.97. The number of benzene rings is 2. The summed E-state index contributed by atoms with van der Waals surface area (Å²) >= 11 is 0. The number of carbonyl (C=O) groups is 1. The Morgan fingerprint density at radius 3 is 2.70 bits per heavy atom. The van der Waals surface area contributed by atoms with Crippen molar-refractivity contribution >= 4 is 15.9 Å². The first-order valence-corrected chi connectivity index (χ1v) is 11.6. The van der Waals surface area contributed by atoms with Crippen molar-refractivity contribution in [1.82, 2.24) is 9.62 Å². The van der Waals surface area contributed by atoms with Gasteiger partial charge in [0.1, 0.15) is 0 Å². The van der Waals surface area contributed by atoms with Crippen LogP contribution in [0.15, 0.2) is 47.4 Å². The maximum absolute atomic E-state index is 12.9. The highest BCUT2D eigenvalue weighted by atomic mass is 32.2. The van der Waals surface area contributed by atoms with E-state index in [1.54, 1.807) is 24.3 Å². The van der Waals surface area contributed by atoms with Crippen molar-refractivity contribution in [1.29, 1.82) is 0 Å². The second kappa shape index (κ2) is 8.65. The number of piperidine rings is 1. The molecular weight excluding hydrogens is 404 g/mol.